The van der Waals surface area contributed by atoms with Crippen molar-refractivity contribution in [3.63, 3.8) is 0 Å². The quantitative estimate of drug-likeness (QED) is 0.631. The Balaban J connectivity index is 2.10. The molecule has 4 fully saturated rings. The molecule has 4 rings (SSSR count). The average Bonchev–Trinajstić information content (AvgIpc) is 2.92. The zero-order valence-corrected chi connectivity index (χ0v) is 8.75. The highest BCUT2D eigenvalue weighted by molar-refractivity contribution is 6.09. The molecule has 0 saturated heterocycles. The highest BCUT2D eigenvalue weighted by Gasteiger charge is 2.83. The van der Waals surface area contributed by atoms with Gasteiger partial charge in [-0.2, -0.15) is 0 Å². The molecule has 0 heterocycles. The van der Waals surface area contributed by atoms with Gasteiger partial charge in [0.15, 0.2) is 5.41 Å². The number of ketones is 2. The van der Waals surface area contributed by atoms with E-state index in [-0.39, 0.29) is 24.4 Å². The normalized spacial score (nSPS) is 40.9. The van der Waals surface area contributed by atoms with Gasteiger partial charge < -0.3 is 10.2 Å². The molecule has 0 radical (unpaired) electrons. The summed E-state index contributed by atoms with van der Waals surface area (Å²) in [6, 6.07) is 0. The molecule has 4 unspecified atom stereocenters. The predicted molar refractivity (Wildman–Crippen MR) is 50.9 cm³/mol. The molecular formula is C11H10O6. The number of carbonyl (C=O) groups excluding carboxylic acids is 2. The second kappa shape index (κ2) is 2.75. The van der Waals surface area contributed by atoms with E-state index >= 15 is 0 Å². The second-order valence-corrected chi connectivity index (χ2v) is 5.08. The van der Waals surface area contributed by atoms with Crippen LogP contribution in [0.4, 0.5) is 0 Å². The van der Waals surface area contributed by atoms with Gasteiger partial charge in [0.25, 0.3) is 0 Å². The first-order valence-electron chi connectivity index (χ1n) is 5.44. The van der Waals surface area contributed by atoms with E-state index in [1.807, 2.05) is 0 Å². The number of carbonyl (C=O) groups is 4. The highest BCUT2D eigenvalue weighted by Crippen LogP contribution is 2.72. The van der Waals surface area contributed by atoms with E-state index < -0.39 is 41.0 Å². The fourth-order valence-electron chi connectivity index (χ4n) is 3.86. The summed E-state index contributed by atoms with van der Waals surface area (Å²) < 4.78 is 0. The van der Waals surface area contributed by atoms with Crippen LogP contribution in [-0.2, 0) is 19.2 Å². The molecule has 4 atom stereocenters. The summed E-state index contributed by atoms with van der Waals surface area (Å²) in [4.78, 5) is 45.7. The number of fused-ring (bicyclic) bond motifs is 2. The standard InChI is InChI=1S/C11H10O6/c12-5-1-3-6(13)2-4(5)8-7(3)11(8,9(14)15)10(16)17/h3-4,7-8H,1-2H2,(H,14,15)(H,16,17). The molecule has 0 aliphatic heterocycles. The van der Waals surface area contributed by atoms with Crippen molar-refractivity contribution in [2.45, 2.75) is 12.8 Å². The summed E-state index contributed by atoms with van der Waals surface area (Å²) in [5.74, 6) is -5.88. The Morgan fingerprint density at radius 2 is 1.29 bits per heavy atom. The van der Waals surface area contributed by atoms with Crippen molar-refractivity contribution in [3.8, 4) is 0 Å². The minimum atomic E-state index is -1.90. The van der Waals surface area contributed by atoms with Crippen molar-refractivity contribution in [3.05, 3.63) is 0 Å². The maximum absolute atomic E-state index is 11.6. The molecular weight excluding hydrogens is 228 g/mol. The third-order valence-electron chi connectivity index (χ3n) is 4.57. The van der Waals surface area contributed by atoms with Crippen molar-refractivity contribution >= 4 is 23.5 Å². The van der Waals surface area contributed by atoms with Gasteiger partial charge in [-0.05, 0) is 0 Å². The molecule has 6 heteroatoms. The van der Waals surface area contributed by atoms with Gasteiger partial charge in [-0.25, -0.2) is 0 Å². The molecule has 0 spiro atoms. The van der Waals surface area contributed by atoms with Crippen LogP contribution in [-0.4, -0.2) is 33.7 Å². The number of carboxylic acids is 2. The first-order valence-corrected chi connectivity index (χ1v) is 5.44. The van der Waals surface area contributed by atoms with Crippen LogP contribution in [0.3, 0.4) is 0 Å². The molecule has 4 saturated carbocycles. The van der Waals surface area contributed by atoms with Crippen LogP contribution in [0.2, 0.25) is 0 Å². The second-order valence-electron chi connectivity index (χ2n) is 5.08. The monoisotopic (exact) mass is 238 g/mol. The smallest absolute Gasteiger partial charge is 0.321 e. The third kappa shape index (κ3) is 0.924. The van der Waals surface area contributed by atoms with Gasteiger partial charge in [0.2, 0.25) is 0 Å². The lowest BCUT2D eigenvalue weighted by atomic mass is 9.69. The van der Waals surface area contributed by atoms with E-state index in [1.165, 1.54) is 0 Å². The Bertz CT molecular complexity index is 434. The fourth-order valence-corrected chi connectivity index (χ4v) is 3.86. The minimum absolute atomic E-state index is 0.0208. The van der Waals surface area contributed by atoms with Gasteiger partial charge in [-0.1, -0.05) is 0 Å². The van der Waals surface area contributed by atoms with Gasteiger partial charge in [0.1, 0.15) is 11.6 Å². The van der Waals surface area contributed by atoms with Gasteiger partial charge in [-0.3, -0.25) is 19.2 Å². The molecule has 2 N–H and O–H groups in total. The summed E-state index contributed by atoms with van der Waals surface area (Å²) in [7, 11) is 0. The van der Waals surface area contributed by atoms with Crippen LogP contribution < -0.4 is 0 Å². The van der Waals surface area contributed by atoms with Gasteiger partial charge >= 0.3 is 11.9 Å². The van der Waals surface area contributed by atoms with E-state index in [9.17, 15) is 19.2 Å². The van der Waals surface area contributed by atoms with E-state index in [0.29, 0.717) is 0 Å². The lowest BCUT2D eigenvalue weighted by Crippen LogP contribution is -2.40. The Morgan fingerprint density at radius 1 is 0.941 bits per heavy atom. The van der Waals surface area contributed by atoms with E-state index in [0.717, 1.165) is 0 Å². The molecule has 0 aromatic rings. The molecule has 4 aliphatic rings. The first kappa shape index (κ1) is 10.4. The van der Waals surface area contributed by atoms with Crippen LogP contribution in [0.25, 0.3) is 0 Å². The molecule has 90 valence electrons. The summed E-state index contributed by atoms with van der Waals surface area (Å²) in [5, 5.41) is 18.3. The van der Waals surface area contributed by atoms with E-state index in [4.69, 9.17) is 10.2 Å². The van der Waals surface area contributed by atoms with E-state index in [2.05, 4.69) is 0 Å². The number of hydrogen-bond donors (Lipinski definition) is 2. The largest absolute Gasteiger partial charge is 0.480 e. The minimum Gasteiger partial charge on any atom is -0.480 e. The predicted octanol–water partition coefficient (Wildman–Crippen LogP) is -0.434. The van der Waals surface area contributed by atoms with Gasteiger partial charge in [0, 0.05) is 36.5 Å². The fraction of sp³-hybridized carbons (Fsp3) is 0.636. The van der Waals surface area contributed by atoms with Gasteiger partial charge in [-0.15, -0.1) is 0 Å². The summed E-state index contributed by atoms with van der Waals surface area (Å²) in [6.45, 7) is 0. The molecule has 2 bridgehead atoms. The summed E-state index contributed by atoms with van der Waals surface area (Å²) in [5.41, 5.74) is -1.90. The van der Waals surface area contributed by atoms with Gasteiger partial charge in [0.05, 0.1) is 0 Å². The van der Waals surface area contributed by atoms with Crippen molar-refractivity contribution in [1.29, 1.82) is 0 Å². The lowest BCUT2D eigenvalue weighted by molar-refractivity contribution is -0.158. The van der Waals surface area contributed by atoms with Crippen LogP contribution in [0, 0.1) is 29.1 Å². The highest BCUT2D eigenvalue weighted by atomic mass is 16.4. The third-order valence-corrected chi connectivity index (χ3v) is 4.57. The Morgan fingerprint density at radius 3 is 1.59 bits per heavy atom. The Kier molecular flexibility index (Phi) is 1.69. The maximum atomic E-state index is 11.6. The zero-order chi connectivity index (χ0) is 12.5. The van der Waals surface area contributed by atoms with Crippen molar-refractivity contribution in [2.75, 3.05) is 0 Å². The lowest BCUT2D eigenvalue weighted by Gasteiger charge is -2.31. The summed E-state index contributed by atoms with van der Waals surface area (Å²) >= 11 is 0. The Hall–Kier alpha value is -1.72. The molecule has 0 aromatic heterocycles. The zero-order valence-electron chi connectivity index (χ0n) is 8.75. The molecule has 6 nitrogen and oxygen atoms in total. The van der Waals surface area contributed by atoms with Crippen molar-refractivity contribution in [1.82, 2.24) is 0 Å². The SMILES string of the molecule is O=C1CC2C(=O)CC1C1C2C1(C(=O)O)C(=O)O. The number of hydrogen-bond acceptors (Lipinski definition) is 4. The number of rotatable bonds is 2. The first-order chi connectivity index (χ1) is 7.92. The number of carboxylic acid groups (broad SMARTS) is 2. The van der Waals surface area contributed by atoms with Crippen LogP contribution in [0.15, 0.2) is 0 Å². The average molecular weight is 238 g/mol. The van der Waals surface area contributed by atoms with Crippen LogP contribution in [0.5, 0.6) is 0 Å². The molecule has 0 amide bonds. The Labute approximate surface area is 95.6 Å². The molecule has 4 aliphatic carbocycles. The number of aliphatic carboxylic acids is 2. The van der Waals surface area contributed by atoms with Crippen LogP contribution >= 0.6 is 0 Å². The summed E-state index contributed by atoms with van der Waals surface area (Å²) in [6.07, 6.45) is 0.0416. The van der Waals surface area contributed by atoms with E-state index in [1.54, 1.807) is 0 Å². The number of Topliss-reactive ketones (excluding diaryl/α,β-unsaturated/α-hetero) is 2. The maximum Gasteiger partial charge on any atom is 0.321 e. The van der Waals surface area contributed by atoms with Crippen molar-refractivity contribution in [2.24, 2.45) is 29.1 Å². The van der Waals surface area contributed by atoms with Crippen LogP contribution in [0.1, 0.15) is 12.8 Å². The molecule has 0 aromatic carbocycles. The van der Waals surface area contributed by atoms with Crippen molar-refractivity contribution < 1.29 is 29.4 Å². The molecule has 17 heavy (non-hydrogen) atoms. The topological polar surface area (TPSA) is 109 Å².